The van der Waals surface area contributed by atoms with Crippen LogP contribution in [0.5, 0.6) is 0 Å². The number of nitrogens with zero attached hydrogens (tertiary/aromatic N) is 2. The third kappa shape index (κ3) is 2.47. The van der Waals surface area contributed by atoms with Crippen LogP contribution in [0.15, 0.2) is 27.1 Å². The lowest BCUT2D eigenvalue weighted by molar-refractivity contribution is 0.608. The summed E-state index contributed by atoms with van der Waals surface area (Å²) in [7, 11) is 0. The maximum absolute atomic E-state index is 13.3. The van der Waals surface area contributed by atoms with Gasteiger partial charge in [-0.05, 0) is 57.0 Å². The molecule has 1 aromatic heterocycles. The largest absolute Gasteiger partial charge is 0.381 e. The Labute approximate surface area is 115 Å². The molecule has 2 rings (SSSR count). The van der Waals surface area contributed by atoms with Crippen LogP contribution in [0, 0.1) is 12.7 Å². The third-order valence-corrected chi connectivity index (χ3v) is 4.10. The van der Waals surface area contributed by atoms with Gasteiger partial charge in [-0.1, -0.05) is 0 Å². The van der Waals surface area contributed by atoms with Crippen molar-refractivity contribution in [2.45, 2.75) is 6.92 Å². The Balaban J connectivity index is 2.57. The maximum Gasteiger partial charge on any atom is 0.186 e. The zero-order chi connectivity index (χ0) is 12.6. The molecule has 0 fully saturated rings. The molecule has 0 aliphatic rings. The Morgan fingerprint density at radius 3 is 2.47 bits per heavy atom. The monoisotopic (exact) mass is 359 g/mol. The van der Waals surface area contributed by atoms with Crippen LogP contribution >= 0.6 is 31.9 Å². The minimum absolute atomic E-state index is 0.133. The molecule has 0 spiro atoms. The average Bonchev–Trinajstić information content (AvgIpc) is 2.29. The molecular weight excluding hydrogens is 353 g/mol. The fourth-order valence-corrected chi connectivity index (χ4v) is 1.97. The molecule has 2 aromatic rings. The summed E-state index contributed by atoms with van der Waals surface area (Å²) < 4.78 is 15.1. The molecule has 6 heteroatoms. The Morgan fingerprint density at radius 2 is 1.88 bits per heavy atom. The predicted molar refractivity (Wildman–Crippen MR) is 72.0 cm³/mol. The molecule has 0 aliphatic carbocycles. The van der Waals surface area contributed by atoms with Gasteiger partial charge in [-0.2, -0.15) is 0 Å². The maximum atomic E-state index is 13.3. The number of rotatable bonds is 1. The first-order valence-electron chi connectivity index (χ1n) is 4.74. The van der Waals surface area contributed by atoms with Gasteiger partial charge in [0.1, 0.15) is 0 Å². The molecular formula is C11H8Br2FN3. The second-order valence-electron chi connectivity index (χ2n) is 3.46. The number of aryl methyl sites for hydroxylation is 1. The van der Waals surface area contributed by atoms with Gasteiger partial charge in [0.25, 0.3) is 0 Å². The zero-order valence-corrected chi connectivity index (χ0v) is 12.0. The number of nitrogen functional groups attached to an aromatic ring is 1. The number of halogens is 3. The lowest BCUT2D eigenvalue weighted by atomic mass is 10.2. The zero-order valence-electron chi connectivity index (χ0n) is 8.84. The molecule has 1 heterocycles. The lowest BCUT2D eigenvalue weighted by Gasteiger charge is -2.05. The third-order valence-electron chi connectivity index (χ3n) is 2.22. The molecule has 0 radical (unpaired) electrons. The number of anilines is 1. The lowest BCUT2D eigenvalue weighted by Crippen LogP contribution is -2.02. The van der Waals surface area contributed by atoms with Crippen molar-refractivity contribution in [1.82, 2.24) is 9.97 Å². The highest BCUT2D eigenvalue weighted by Crippen LogP contribution is 2.28. The second-order valence-corrected chi connectivity index (χ2v) is 5.17. The normalized spacial score (nSPS) is 10.6. The molecule has 0 amide bonds. The van der Waals surface area contributed by atoms with E-state index in [0.29, 0.717) is 5.82 Å². The average molecular weight is 361 g/mol. The van der Waals surface area contributed by atoms with E-state index in [4.69, 9.17) is 5.73 Å². The Bertz CT molecular complexity index is 564. The van der Waals surface area contributed by atoms with E-state index in [1.807, 2.05) is 18.2 Å². The predicted octanol–water partition coefficient (Wildman–Crippen LogP) is 3.70. The number of aromatic nitrogens is 2. The molecule has 2 N–H and O–H groups in total. The van der Waals surface area contributed by atoms with Crippen LogP contribution in [0.25, 0.3) is 11.4 Å². The van der Waals surface area contributed by atoms with Crippen LogP contribution in [0.2, 0.25) is 0 Å². The van der Waals surface area contributed by atoms with E-state index in [-0.39, 0.29) is 11.5 Å². The first kappa shape index (κ1) is 12.4. The summed E-state index contributed by atoms with van der Waals surface area (Å²) in [5.74, 6) is -0.286. The molecule has 0 unspecified atom stereocenters. The van der Waals surface area contributed by atoms with E-state index in [9.17, 15) is 4.39 Å². The quantitative estimate of drug-likeness (QED) is 0.843. The van der Waals surface area contributed by atoms with E-state index in [1.165, 1.54) is 0 Å². The van der Waals surface area contributed by atoms with Crippen molar-refractivity contribution in [3.05, 3.63) is 38.7 Å². The second kappa shape index (κ2) is 4.70. The molecule has 17 heavy (non-hydrogen) atoms. The molecule has 0 aliphatic heterocycles. The summed E-state index contributed by atoms with van der Waals surface area (Å²) >= 11 is 6.76. The van der Waals surface area contributed by atoms with Gasteiger partial charge in [-0.3, -0.25) is 0 Å². The SMILES string of the molecule is Cc1nc(-c2ccc(Br)c(Br)c2)nc(N)c1F. The molecule has 0 atom stereocenters. The summed E-state index contributed by atoms with van der Waals surface area (Å²) in [6.45, 7) is 1.56. The number of hydrogen-bond acceptors (Lipinski definition) is 3. The first-order chi connectivity index (χ1) is 7.99. The van der Waals surface area contributed by atoms with Crippen molar-refractivity contribution in [3.8, 4) is 11.4 Å². The van der Waals surface area contributed by atoms with Gasteiger partial charge in [-0.15, -0.1) is 0 Å². The fraction of sp³-hybridized carbons (Fsp3) is 0.0909. The van der Waals surface area contributed by atoms with Crippen molar-refractivity contribution in [3.63, 3.8) is 0 Å². The van der Waals surface area contributed by atoms with Crippen molar-refractivity contribution in [2.24, 2.45) is 0 Å². The van der Waals surface area contributed by atoms with Gasteiger partial charge in [0.15, 0.2) is 17.5 Å². The molecule has 88 valence electrons. The van der Waals surface area contributed by atoms with Crippen LogP contribution in [-0.4, -0.2) is 9.97 Å². The summed E-state index contributed by atoms with van der Waals surface area (Å²) in [5, 5.41) is 0. The highest BCUT2D eigenvalue weighted by molar-refractivity contribution is 9.13. The number of benzene rings is 1. The van der Waals surface area contributed by atoms with E-state index < -0.39 is 5.82 Å². The van der Waals surface area contributed by atoms with Crippen LogP contribution in [0.1, 0.15) is 5.69 Å². The summed E-state index contributed by atoms with van der Waals surface area (Å²) in [5.41, 5.74) is 6.49. The van der Waals surface area contributed by atoms with E-state index in [2.05, 4.69) is 41.8 Å². The summed E-state index contributed by atoms with van der Waals surface area (Å²) in [6.07, 6.45) is 0. The Morgan fingerprint density at radius 1 is 1.18 bits per heavy atom. The van der Waals surface area contributed by atoms with Gasteiger partial charge in [0.05, 0.1) is 5.69 Å². The van der Waals surface area contributed by atoms with Gasteiger partial charge < -0.3 is 5.73 Å². The van der Waals surface area contributed by atoms with Crippen LogP contribution in [-0.2, 0) is 0 Å². The van der Waals surface area contributed by atoms with E-state index in [1.54, 1.807) is 6.92 Å². The van der Waals surface area contributed by atoms with Crippen molar-refractivity contribution in [1.29, 1.82) is 0 Å². The smallest absolute Gasteiger partial charge is 0.186 e. The van der Waals surface area contributed by atoms with Crippen molar-refractivity contribution >= 4 is 37.7 Å². The molecule has 3 nitrogen and oxygen atoms in total. The molecule has 0 saturated carbocycles. The van der Waals surface area contributed by atoms with Crippen molar-refractivity contribution in [2.75, 3.05) is 5.73 Å². The summed E-state index contributed by atoms with van der Waals surface area (Å²) in [6, 6.07) is 5.54. The highest BCUT2D eigenvalue weighted by Gasteiger charge is 2.10. The molecule has 0 bridgehead atoms. The van der Waals surface area contributed by atoms with Crippen LogP contribution in [0.3, 0.4) is 0 Å². The Hall–Kier alpha value is -1.01. The fourth-order valence-electron chi connectivity index (χ4n) is 1.35. The van der Waals surface area contributed by atoms with Crippen molar-refractivity contribution < 1.29 is 4.39 Å². The summed E-state index contributed by atoms with van der Waals surface area (Å²) in [4.78, 5) is 8.00. The molecule has 0 saturated heterocycles. The standard InChI is InChI=1S/C11H8Br2FN3/c1-5-9(14)10(15)17-11(16-5)6-2-3-7(12)8(13)4-6/h2-4H,1H3,(H2,15,16,17). The minimum atomic E-state index is -0.565. The molecule has 1 aromatic carbocycles. The van der Waals surface area contributed by atoms with Gasteiger partial charge >= 0.3 is 0 Å². The topological polar surface area (TPSA) is 51.8 Å². The number of hydrogen-bond donors (Lipinski definition) is 1. The minimum Gasteiger partial charge on any atom is -0.381 e. The highest BCUT2D eigenvalue weighted by atomic mass is 79.9. The van der Waals surface area contributed by atoms with E-state index >= 15 is 0 Å². The van der Waals surface area contributed by atoms with Gasteiger partial charge in [0, 0.05) is 14.5 Å². The first-order valence-corrected chi connectivity index (χ1v) is 6.32. The van der Waals surface area contributed by atoms with Crippen LogP contribution < -0.4 is 5.73 Å². The van der Waals surface area contributed by atoms with E-state index in [0.717, 1.165) is 14.5 Å². The Kier molecular flexibility index (Phi) is 3.44. The number of nitrogens with two attached hydrogens (primary N) is 1. The van der Waals surface area contributed by atoms with Crippen LogP contribution in [0.4, 0.5) is 10.2 Å². The van der Waals surface area contributed by atoms with Gasteiger partial charge in [0.2, 0.25) is 0 Å². The van der Waals surface area contributed by atoms with Gasteiger partial charge in [-0.25, -0.2) is 14.4 Å².